The van der Waals surface area contributed by atoms with Gasteiger partial charge in [-0.15, -0.1) is 0 Å². The molecule has 0 heterocycles. The Balaban J connectivity index is 6.24. The third kappa shape index (κ3) is 46.0. The predicted octanol–water partition coefficient (Wildman–Crippen LogP) is 4.93. The Bertz CT molecular complexity index is 865. The van der Waals surface area contributed by atoms with Crippen LogP contribution in [0.15, 0.2) is 0 Å². The van der Waals surface area contributed by atoms with Crippen LogP contribution in [0.5, 0.6) is 0 Å². The molecule has 0 radical (unpaired) electrons. The fraction of sp³-hybridized carbons (Fsp3) is 1.00. The zero-order valence-corrected chi connectivity index (χ0v) is 42.7. The summed E-state index contributed by atoms with van der Waals surface area (Å²) in [6, 6.07) is 0. The molecule has 404 valence electrons. The van der Waals surface area contributed by atoms with Crippen molar-refractivity contribution in [1.82, 2.24) is 0 Å². The fourth-order valence-electron chi connectivity index (χ4n) is 5.44. The molecule has 21 nitrogen and oxygen atoms in total. The van der Waals surface area contributed by atoms with Crippen molar-refractivity contribution in [2.24, 2.45) is 0 Å². The number of hydrogen-bond donors (Lipinski definition) is 0. The van der Waals surface area contributed by atoms with Gasteiger partial charge in [0.1, 0.15) is 49.8 Å². The zero-order valence-electron chi connectivity index (χ0n) is 42.7. The number of ether oxygens (including phenoxy) is 13. The van der Waals surface area contributed by atoms with E-state index in [-0.39, 0.29) is 78.3 Å². The normalized spacial score (nSPS) is 14.7. The first-order valence-corrected chi connectivity index (χ1v) is 24.7. The van der Waals surface area contributed by atoms with Gasteiger partial charge in [-0.25, -0.2) is 39.1 Å². The second-order valence-corrected chi connectivity index (χ2v) is 14.5. The lowest BCUT2D eigenvalue weighted by atomic mass is 10.3. The molecule has 0 amide bonds. The summed E-state index contributed by atoms with van der Waals surface area (Å²) in [5.41, 5.74) is 0. The third-order valence-corrected chi connectivity index (χ3v) is 8.52. The molecule has 0 saturated heterocycles. The Morgan fingerprint density at radius 3 is 0.836 bits per heavy atom. The van der Waals surface area contributed by atoms with Gasteiger partial charge in [0, 0.05) is 79.3 Å². The molecular formula is C46H94O21. The van der Waals surface area contributed by atoms with Crippen molar-refractivity contribution in [3.05, 3.63) is 0 Å². The molecule has 0 aromatic rings. The van der Waals surface area contributed by atoms with Crippen LogP contribution in [0.1, 0.15) is 81.1 Å². The van der Waals surface area contributed by atoms with Gasteiger partial charge in [0.15, 0.2) is 0 Å². The minimum Gasteiger partial charge on any atom is -0.382 e. The molecule has 0 rings (SSSR count). The van der Waals surface area contributed by atoms with Crippen molar-refractivity contribution in [2.45, 2.75) is 118 Å². The second-order valence-electron chi connectivity index (χ2n) is 14.5. The highest BCUT2D eigenvalue weighted by atomic mass is 17.2. The second kappa shape index (κ2) is 54.5. The molecule has 0 aliphatic rings. The van der Waals surface area contributed by atoms with Gasteiger partial charge in [0.05, 0.1) is 92.5 Å². The molecule has 0 saturated carbocycles. The van der Waals surface area contributed by atoms with Crippen molar-refractivity contribution in [1.29, 1.82) is 0 Å². The summed E-state index contributed by atoms with van der Waals surface area (Å²) in [5, 5.41) is 0. The summed E-state index contributed by atoms with van der Waals surface area (Å²) < 4.78 is 77.9. The molecule has 0 spiro atoms. The molecule has 0 fully saturated rings. The summed E-state index contributed by atoms with van der Waals surface area (Å²) in [5.74, 6) is 0. The van der Waals surface area contributed by atoms with Gasteiger partial charge >= 0.3 is 0 Å². The van der Waals surface area contributed by atoms with E-state index in [4.69, 9.17) is 101 Å². The van der Waals surface area contributed by atoms with E-state index in [0.717, 1.165) is 25.7 Å². The first kappa shape index (κ1) is 66.2. The highest BCUT2D eigenvalue weighted by Crippen LogP contribution is 2.10. The summed E-state index contributed by atoms with van der Waals surface area (Å²) in [6.07, 6.45) is -0.0509. The first-order chi connectivity index (χ1) is 33.0. The largest absolute Gasteiger partial charge is 0.382 e. The fourth-order valence-corrected chi connectivity index (χ4v) is 5.44. The van der Waals surface area contributed by atoms with Crippen LogP contribution < -0.4 is 0 Å². The van der Waals surface area contributed by atoms with E-state index in [0.29, 0.717) is 119 Å². The lowest BCUT2D eigenvalue weighted by Crippen LogP contribution is -2.39. The Morgan fingerprint density at radius 1 is 0.224 bits per heavy atom. The monoisotopic (exact) mass is 983 g/mol. The molecular weight excluding hydrogens is 888 g/mol. The van der Waals surface area contributed by atoms with Crippen LogP contribution in [0.25, 0.3) is 0 Å². The highest BCUT2D eigenvalue weighted by Gasteiger charge is 2.23. The van der Waals surface area contributed by atoms with Gasteiger partial charge < -0.3 is 61.6 Å². The Morgan fingerprint density at radius 2 is 0.507 bits per heavy atom. The lowest BCUT2D eigenvalue weighted by molar-refractivity contribution is -0.369. The van der Waals surface area contributed by atoms with Crippen LogP contribution >= 0.6 is 0 Å². The topological polar surface area (TPSA) is 194 Å². The average molecular weight is 983 g/mol. The number of rotatable bonds is 58. The van der Waals surface area contributed by atoms with Gasteiger partial charge in [-0.3, -0.25) is 0 Å². The Kier molecular flexibility index (Phi) is 53.8. The molecule has 4 unspecified atom stereocenters. The van der Waals surface area contributed by atoms with Crippen LogP contribution in [0.2, 0.25) is 0 Å². The molecule has 4 atom stereocenters. The zero-order chi connectivity index (χ0) is 48.9. The van der Waals surface area contributed by atoms with Crippen molar-refractivity contribution in [2.75, 3.05) is 185 Å². The maximum Gasteiger partial charge on any atom is 0.143 e. The van der Waals surface area contributed by atoms with Gasteiger partial charge in [-0.1, -0.05) is 0 Å². The van der Waals surface area contributed by atoms with E-state index in [1.165, 1.54) is 0 Å². The molecule has 21 heteroatoms. The van der Waals surface area contributed by atoms with E-state index < -0.39 is 24.4 Å². The van der Waals surface area contributed by atoms with Crippen LogP contribution in [0.3, 0.4) is 0 Å². The van der Waals surface area contributed by atoms with E-state index in [9.17, 15) is 0 Å². The van der Waals surface area contributed by atoms with Crippen molar-refractivity contribution in [3.8, 4) is 0 Å². The quantitative estimate of drug-likeness (QED) is 0.0452. The van der Waals surface area contributed by atoms with Crippen LogP contribution in [0.4, 0.5) is 0 Å². The van der Waals surface area contributed by atoms with E-state index >= 15 is 0 Å². The first-order valence-electron chi connectivity index (χ1n) is 24.7. The third-order valence-electron chi connectivity index (χ3n) is 8.52. The molecule has 0 aliphatic carbocycles. The smallest absolute Gasteiger partial charge is 0.143 e. The van der Waals surface area contributed by atoms with E-state index in [1.54, 1.807) is 0 Å². The van der Waals surface area contributed by atoms with Crippen LogP contribution in [0, 0.1) is 0 Å². The highest BCUT2D eigenvalue weighted by molar-refractivity contribution is 4.68. The maximum atomic E-state index is 6.70. The van der Waals surface area contributed by atoms with Crippen molar-refractivity contribution in [3.63, 3.8) is 0 Å². The molecule has 0 aliphatic heterocycles. The molecule has 0 aromatic heterocycles. The summed E-state index contributed by atoms with van der Waals surface area (Å²) in [6.45, 7) is 25.7. The van der Waals surface area contributed by atoms with E-state index in [2.05, 4.69) is 0 Å². The van der Waals surface area contributed by atoms with Gasteiger partial charge in [0.2, 0.25) is 0 Å². The molecule has 0 N–H and O–H groups in total. The minimum atomic E-state index is -0.628. The standard InChI is InChI=1S/C46H94O21/c1-9-47-21-17-25-51-29-41(57-27-19-23-49-11-3)31-53-33-43(34-54-32-42(58-28-20-24-50-12-4)30-52-26-18-22-48-10-2)65-44(35-55-37-45(66-61-15-7)39-63-59-13-5)36-56-38-46(67-62-16-8)40-64-60-14-6/h41-46H,9-40H2,1-8H3. The SMILES string of the molecule is CCOCCCOCC(COCC(COCC(COCCCOCC)OCCCOCC)OC(COCC(COOCC)OOCC)COCC(COOCC)OOCC)OCCCOCC. The van der Waals surface area contributed by atoms with Crippen LogP contribution in [-0.4, -0.2) is 222 Å². The minimum absolute atomic E-state index is 0.0760. The van der Waals surface area contributed by atoms with E-state index in [1.807, 2.05) is 55.4 Å². The van der Waals surface area contributed by atoms with Gasteiger partial charge in [-0.05, 0) is 81.1 Å². The summed E-state index contributed by atoms with van der Waals surface area (Å²) in [4.78, 5) is 42.0. The predicted molar refractivity (Wildman–Crippen MR) is 246 cm³/mol. The van der Waals surface area contributed by atoms with Gasteiger partial charge in [-0.2, -0.15) is 0 Å². The van der Waals surface area contributed by atoms with Crippen LogP contribution in [-0.2, 0) is 101 Å². The Labute approximate surface area is 402 Å². The summed E-state index contributed by atoms with van der Waals surface area (Å²) >= 11 is 0. The molecule has 67 heavy (non-hydrogen) atoms. The maximum absolute atomic E-state index is 6.70. The number of hydrogen-bond acceptors (Lipinski definition) is 21. The molecule has 0 aromatic carbocycles. The Hall–Kier alpha value is -0.840. The van der Waals surface area contributed by atoms with Gasteiger partial charge in [0.25, 0.3) is 0 Å². The lowest BCUT2D eigenvalue weighted by Gasteiger charge is -2.27. The summed E-state index contributed by atoms with van der Waals surface area (Å²) in [7, 11) is 0. The van der Waals surface area contributed by atoms with Crippen molar-refractivity contribution < 1.29 is 101 Å². The average Bonchev–Trinajstić information content (AvgIpc) is 3.33. The van der Waals surface area contributed by atoms with Crippen molar-refractivity contribution >= 4 is 0 Å². The molecule has 0 bridgehead atoms.